The molecule has 0 aliphatic carbocycles. The first-order valence-electron chi connectivity index (χ1n) is 8.23. The number of ether oxygens (including phenoxy) is 1. The van der Waals surface area contributed by atoms with Crippen LogP contribution in [-0.2, 0) is 20.9 Å². The molecule has 1 aromatic rings. The summed E-state index contributed by atoms with van der Waals surface area (Å²) in [5.41, 5.74) is 0.866. The van der Waals surface area contributed by atoms with Crippen molar-refractivity contribution < 1.29 is 19.4 Å². The number of aliphatic carboxylic acids is 1. The lowest BCUT2D eigenvalue weighted by Crippen LogP contribution is -2.44. The van der Waals surface area contributed by atoms with Crippen molar-refractivity contribution in [2.24, 2.45) is 5.92 Å². The van der Waals surface area contributed by atoms with Crippen LogP contribution in [0.2, 0.25) is 0 Å². The van der Waals surface area contributed by atoms with Gasteiger partial charge in [0.15, 0.2) is 0 Å². The molecule has 0 aromatic carbocycles. The number of carboxylic acid groups (broad SMARTS) is 1. The average molecular weight is 323 g/mol. The van der Waals surface area contributed by atoms with Gasteiger partial charge in [0.25, 0.3) is 0 Å². The Hall–Kier alpha value is -1.89. The predicted molar refractivity (Wildman–Crippen MR) is 83.8 cm³/mol. The third kappa shape index (κ3) is 4.31. The highest BCUT2D eigenvalue weighted by atomic mass is 16.5. The lowest BCUT2D eigenvalue weighted by molar-refractivity contribution is -0.143. The molecule has 1 saturated heterocycles. The van der Waals surface area contributed by atoms with Crippen LogP contribution in [0.1, 0.15) is 51.2 Å². The second-order valence-corrected chi connectivity index (χ2v) is 5.86. The molecule has 1 aromatic heterocycles. The van der Waals surface area contributed by atoms with Crippen LogP contribution < -0.4 is 5.32 Å². The van der Waals surface area contributed by atoms with Crippen LogP contribution in [0.3, 0.4) is 0 Å². The molecule has 1 aliphatic rings. The van der Waals surface area contributed by atoms with Gasteiger partial charge in [-0.15, -0.1) is 0 Å². The number of hydrogen-bond donors (Lipinski definition) is 2. The maximum absolute atomic E-state index is 12.5. The molecule has 1 amide bonds. The Morgan fingerprint density at radius 3 is 2.91 bits per heavy atom. The van der Waals surface area contributed by atoms with Crippen molar-refractivity contribution in [3.63, 3.8) is 0 Å². The number of carboxylic acids is 1. The number of aryl methyl sites for hydroxylation is 1. The highest BCUT2D eigenvalue weighted by Crippen LogP contribution is 2.34. The molecule has 1 fully saturated rings. The van der Waals surface area contributed by atoms with Crippen LogP contribution in [0.4, 0.5) is 0 Å². The molecule has 0 bridgehead atoms. The zero-order chi connectivity index (χ0) is 16.8. The van der Waals surface area contributed by atoms with E-state index in [0.29, 0.717) is 19.4 Å². The van der Waals surface area contributed by atoms with Gasteiger partial charge in [-0.25, -0.2) is 4.79 Å². The zero-order valence-electron chi connectivity index (χ0n) is 13.7. The molecule has 2 heterocycles. The summed E-state index contributed by atoms with van der Waals surface area (Å²) in [6, 6.07) is -0.831. The van der Waals surface area contributed by atoms with E-state index in [1.807, 2.05) is 20.0 Å². The van der Waals surface area contributed by atoms with Crippen molar-refractivity contribution in [3.05, 3.63) is 18.0 Å². The number of hydrogen-bond acceptors (Lipinski definition) is 4. The number of nitrogens with zero attached hydrogens (tertiary/aromatic N) is 2. The molecule has 1 aliphatic heterocycles. The molecular formula is C16H25N3O4. The third-order valence-electron chi connectivity index (χ3n) is 4.20. The minimum atomic E-state index is -0.985. The first-order valence-corrected chi connectivity index (χ1v) is 8.23. The normalized spacial score (nSPS) is 22.0. The standard InChI is InChI=1S/C16H25N3O4/c1-3-5-6-13(16(21)22)18-15(20)12-7-8-23-14(12)11-9-17-19(4-2)10-11/h9-10,12-14H,3-8H2,1-2H3,(H,18,20)(H,21,22)/t12-,13-,14+/m0/s1. The Morgan fingerprint density at radius 2 is 2.30 bits per heavy atom. The van der Waals surface area contributed by atoms with Crippen LogP contribution in [-0.4, -0.2) is 39.4 Å². The SMILES string of the molecule is CCCC[C@H](NC(=O)[C@H]1CCO[C@@H]1c1cnn(CC)c1)C(=O)O. The van der Waals surface area contributed by atoms with Gasteiger partial charge < -0.3 is 15.2 Å². The second-order valence-electron chi connectivity index (χ2n) is 5.86. The summed E-state index contributed by atoms with van der Waals surface area (Å²) < 4.78 is 7.48. The van der Waals surface area contributed by atoms with E-state index in [1.54, 1.807) is 10.9 Å². The molecule has 2 rings (SSSR count). The van der Waals surface area contributed by atoms with E-state index in [2.05, 4.69) is 10.4 Å². The largest absolute Gasteiger partial charge is 0.480 e. The molecule has 0 unspecified atom stereocenters. The predicted octanol–water partition coefficient (Wildman–Crippen LogP) is 1.74. The topological polar surface area (TPSA) is 93.5 Å². The zero-order valence-corrected chi connectivity index (χ0v) is 13.7. The lowest BCUT2D eigenvalue weighted by Gasteiger charge is -2.20. The molecule has 0 saturated carbocycles. The van der Waals surface area contributed by atoms with Gasteiger partial charge in [-0.3, -0.25) is 9.48 Å². The third-order valence-corrected chi connectivity index (χ3v) is 4.20. The van der Waals surface area contributed by atoms with Crippen LogP contribution in [0.25, 0.3) is 0 Å². The van der Waals surface area contributed by atoms with E-state index < -0.39 is 12.0 Å². The maximum Gasteiger partial charge on any atom is 0.326 e. The van der Waals surface area contributed by atoms with E-state index in [0.717, 1.165) is 24.9 Å². The number of nitrogens with one attached hydrogen (secondary N) is 1. The number of amides is 1. The van der Waals surface area contributed by atoms with Crippen LogP contribution in [0.15, 0.2) is 12.4 Å². The second kappa shape index (κ2) is 8.10. The molecule has 7 nitrogen and oxygen atoms in total. The molecule has 128 valence electrons. The highest BCUT2D eigenvalue weighted by Gasteiger charge is 2.37. The Labute approximate surface area is 136 Å². The quantitative estimate of drug-likeness (QED) is 0.760. The summed E-state index contributed by atoms with van der Waals surface area (Å²) in [6.07, 6.45) is 5.94. The lowest BCUT2D eigenvalue weighted by atomic mass is 9.95. The fourth-order valence-electron chi connectivity index (χ4n) is 2.83. The monoisotopic (exact) mass is 323 g/mol. The van der Waals surface area contributed by atoms with Gasteiger partial charge >= 0.3 is 5.97 Å². The molecule has 0 radical (unpaired) electrons. The van der Waals surface area contributed by atoms with Crippen molar-refractivity contribution in [3.8, 4) is 0 Å². The smallest absolute Gasteiger partial charge is 0.326 e. The van der Waals surface area contributed by atoms with Gasteiger partial charge in [-0.1, -0.05) is 19.8 Å². The molecule has 23 heavy (non-hydrogen) atoms. The van der Waals surface area contributed by atoms with E-state index >= 15 is 0 Å². The molecule has 7 heteroatoms. The van der Waals surface area contributed by atoms with Crippen molar-refractivity contribution in [2.75, 3.05) is 6.61 Å². The van der Waals surface area contributed by atoms with Crippen molar-refractivity contribution >= 4 is 11.9 Å². The molecule has 0 spiro atoms. The van der Waals surface area contributed by atoms with Crippen molar-refractivity contribution in [1.82, 2.24) is 15.1 Å². The summed E-state index contributed by atoms with van der Waals surface area (Å²) >= 11 is 0. The Balaban J connectivity index is 2.03. The Bertz CT molecular complexity index is 543. The molecule has 3 atom stereocenters. The number of rotatable bonds is 8. The summed E-state index contributed by atoms with van der Waals surface area (Å²) in [4.78, 5) is 23.8. The Morgan fingerprint density at radius 1 is 1.52 bits per heavy atom. The molecule has 2 N–H and O–H groups in total. The average Bonchev–Trinajstić information content (AvgIpc) is 3.18. The van der Waals surface area contributed by atoms with E-state index in [9.17, 15) is 14.7 Å². The van der Waals surface area contributed by atoms with Crippen LogP contribution >= 0.6 is 0 Å². The van der Waals surface area contributed by atoms with E-state index in [4.69, 9.17) is 4.74 Å². The Kier molecular flexibility index (Phi) is 6.15. The van der Waals surface area contributed by atoms with E-state index in [1.165, 1.54) is 0 Å². The number of carbonyl (C=O) groups excluding carboxylic acids is 1. The fraction of sp³-hybridized carbons (Fsp3) is 0.688. The number of aromatic nitrogens is 2. The van der Waals surface area contributed by atoms with Crippen molar-refractivity contribution in [2.45, 2.75) is 58.2 Å². The first kappa shape index (κ1) is 17.5. The summed E-state index contributed by atoms with van der Waals surface area (Å²) in [5, 5.41) is 16.1. The van der Waals surface area contributed by atoms with Gasteiger partial charge in [0.2, 0.25) is 5.91 Å². The summed E-state index contributed by atoms with van der Waals surface area (Å²) in [5.74, 6) is -1.60. The highest BCUT2D eigenvalue weighted by molar-refractivity contribution is 5.85. The van der Waals surface area contributed by atoms with Gasteiger partial charge in [0.05, 0.1) is 18.2 Å². The number of carbonyl (C=O) groups is 2. The maximum atomic E-state index is 12.5. The van der Waals surface area contributed by atoms with Crippen molar-refractivity contribution in [1.29, 1.82) is 0 Å². The minimum Gasteiger partial charge on any atom is -0.480 e. The minimum absolute atomic E-state index is 0.250. The summed E-state index contributed by atoms with van der Waals surface area (Å²) in [6.45, 7) is 5.23. The summed E-state index contributed by atoms with van der Waals surface area (Å²) in [7, 11) is 0. The van der Waals surface area contributed by atoms with E-state index in [-0.39, 0.29) is 17.9 Å². The van der Waals surface area contributed by atoms with Gasteiger partial charge in [-0.05, 0) is 19.8 Å². The van der Waals surface area contributed by atoms with Crippen LogP contribution in [0, 0.1) is 5.92 Å². The number of unbranched alkanes of at least 4 members (excludes halogenated alkanes) is 1. The fourth-order valence-corrected chi connectivity index (χ4v) is 2.83. The molecular weight excluding hydrogens is 298 g/mol. The van der Waals surface area contributed by atoms with Gasteiger partial charge in [-0.2, -0.15) is 5.10 Å². The van der Waals surface area contributed by atoms with Crippen LogP contribution in [0.5, 0.6) is 0 Å². The van der Waals surface area contributed by atoms with Gasteiger partial charge in [0, 0.05) is 24.9 Å². The van der Waals surface area contributed by atoms with Gasteiger partial charge in [0.1, 0.15) is 6.04 Å². The first-order chi connectivity index (χ1) is 11.1.